The van der Waals surface area contributed by atoms with Crippen molar-refractivity contribution in [2.45, 2.75) is 47.1 Å². The zero-order valence-corrected chi connectivity index (χ0v) is 16.9. The van der Waals surface area contributed by atoms with E-state index in [0.717, 1.165) is 18.7 Å². The second-order valence-corrected chi connectivity index (χ2v) is 6.99. The van der Waals surface area contributed by atoms with Crippen molar-refractivity contribution in [3.63, 3.8) is 0 Å². The van der Waals surface area contributed by atoms with E-state index in [0.29, 0.717) is 24.1 Å². The maximum Gasteiger partial charge on any atom is 0.246 e. The highest BCUT2D eigenvalue weighted by Gasteiger charge is 2.19. The van der Waals surface area contributed by atoms with Gasteiger partial charge in [-0.1, -0.05) is 26.0 Å². The average molecular weight is 347 g/mol. The molecular formula is C21H34N2O2. The molecule has 4 heteroatoms. The normalized spacial score (nSPS) is 13.4. The fraction of sp³-hybridized carbons (Fsp3) is 0.571. The zero-order chi connectivity index (χ0) is 19.1. The summed E-state index contributed by atoms with van der Waals surface area (Å²) in [5.74, 6) is 1.29. The van der Waals surface area contributed by atoms with Crippen LogP contribution in [-0.2, 0) is 4.79 Å². The monoisotopic (exact) mass is 346 g/mol. The molecule has 1 rings (SSSR count). The Morgan fingerprint density at radius 2 is 1.96 bits per heavy atom. The summed E-state index contributed by atoms with van der Waals surface area (Å²) in [6, 6.07) is 4.51. The summed E-state index contributed by atoms with van der Waals surface area (Å²) in [5.41, 5.74) is 4.35. The second-order valence-electron chi connectivity index (χ2n) is 6.99. The third kappa shape index (κ3) is 5.60. The lowest BCUT2D eigenvalue weighted by Crippen LogP contribution is -2.36. The van der Waals surface area contributed by atoms with Gasteiger partial charge in [0.2, 0.25) is 5.91 Å². The Morgan fingerprint density at radius 3 is 2.48 bits per heavy atom. The molecule has 0 aromatic heterocycles. The SMILES string of the molecule is C=C(C)C(=O)NCC(CC)CN(C)C(C)c1ccc(OC)c(C)c1C. The standard InChI is InChI=1S/C21H34N2O2/c1-9-18(12-22-21(24)14(2)3)13-23(7)17(6)19-10-11-20(25-8)16(5)15(19)4/h10-11,17-18H,2,9,12-13H2,1,3-8H3,(H,22,24). The zero-order valence-electron chi connectivity index (χ0n) is 16.9. The number of hydrogen-bond donors (Lipinski definition) is 1. The Kier molecular flexibility index (Phi) is 8.17. The van der Waals surface area contributed by atoms with E-state index in [9.17, 15) is 4.79 Å². The van der Waals surface area contributed by atoms with Gasteiger partial charge in [-0.2, -0.15) is 0 Å². The van der Waals surface area contributed by atoms with Gasteiger partial charge in [-0.3, -0.25) is 9.69 Å². The molecule has 2 unspecified atom stereocenters. The van der Waals surface area contributed by atoms with E-state index < -0.39 is 0 Å². The molecule has 0 bridgehead atoms. The summed E-state index contributed by atoms with van der Waals surface area (Å²) < 4.78 is 5.42. The number of nitrogens with zero attached hydrogens (tertiary/aromatic N) is 1. The molecule has 4 nitrogen and oxygen atoms in total. The maximum atomic E-state index is 11.7. The summed E-state index contributed by atoms with van der Waals surface area (Å²) in [6.45, 7) is 15.7. The number of benzene rings is 1. The van der Waals surface area contributed by atoms with Crippen molar-refractivity contribution in [1.82, 2.24) is 10.2 Å². The van der Waals surface area contributed by atoms with Crippen LogP contribution in [0.3, 0.4) is 0 Å². The first-order valence-electron chi connectivity index (χ1n) is 9.00. The molecule has 0 fully saturated rings. The third-order valence-electron chi connectivity index (χ3n) is 5.17. The number of hydrogen-bond acceptors (Lipinski definition) is 3. The lowest BCUT2D eigenvalue weighted by atomic mass is 9.96. The van der Waals surface area contributed by atoms with Crippen LogP contribution in [0.4, 0.5) is 0 Å². The Balaban J connectivity index is 2.78. The van der Waals surface area contributed by atoms with E-state index in [2.05, 4.69) is 57.6 Å². The molecule has 0 aliphatic rings. The highest BCUT2D eigenvalue weighted by molar-refractivity contribution is 5.92. The Labute approximate surface area is 153 Å². The molecule has 0 aliphatic heterocycles. The third-order valence-corrected chi connectivity index (χ3v) is 5.17. The molecule has 0 radical (unpaired) electrons. The fourth-order valence-corrected chi connectivity index (χ4v) is 3.02. The van der Waals surface area contributed by atoms with Gasteiger partial charge in [-0.25, -0.2) is 0 Å². The minimum atomic E-state index is -0.0595. The highest BCUT2D eigenvalue weighted by Crippen LogP contribution is 2.30. The fourth-order valence-electron chi connectivity index (χ4n) is 3.02. The van der Waals surface area contributed by atoms with Crippen molar-refractivity contribution in [2.24, 2.45) is 5.92 Å². The number of rotatable bonds is 9. The number of ether oxygens (including phenoxy) is 1. The van der Waals surface area contributed by atoms with Gasteiger partial charge < -0.3 is 10.1 Å². The number of methoxy groups -OCH3 is 1. The van der Waals surface area contributed by atoms with Gasteiger partial charge in [0.05, 0.1) is 7.11 Å². The first kappa shape index (κ1) is 21.2. The smallest absolute Gasteiger partial charge is 0.246 e. The highest BCUT2D eigenvalue weighted by atomic mass is 16.5. The van der Waals surface area contributed by atoms with Crippen LogP contribution in [0.25, 0.3) is 0 Å². The van der Waals surface area contributed by atoms with Gasteiger partial charge in [0.15, 0.2) is 0 Å². The van der Waals surface area contributed by atoms with Crippen LogP contribution in [0.1, 0.15) is 49.9 Å². The van der Waals surface area contributed by atoms with Gasteiger partial charge in [-0.15, -0.1) is 0 Å². The Hall–Kier alpha value is -1.81. The maximum absolute atomic E-state index is 11.7. The molecule has 0 spiro atoms. The van der Waals surface area contributed by atoms with E-state index in [-0.39, 0.29) is 5.91 Å². The first-order chi connectivity index (χ1) is 11.7. The van der Waals surface area contributed by atoms with E-state index in [4.69, 9.17) is 4.74 Å². The van der Waals surface area contributed by atoms with Crippen LogP contribution in [0.5, 0.6) is 5.75 Å². The topological polar surface area (TPSA) is 41.6 Å². The minimum Gasteiger partial charge on any atom is -0.496 e. The van der Waals surface area contributed by atoms with Crippen LogP contribution in [0, 0.1) is 19.8 Å². The predicted molar refractivity (Wildman–Crippen MR) is 105 cm³/mol. The molecule has 0 aliphatic carbocycles. The minimum absolute atomic E-state index is 0.0595. The quantitative estimate of drug-likeness (QED) is 0.687. The van der Waals surface area contributed by atoms with Gasteiger partial charge >= 0.3 is 0 Å². The molecule has 0 saturated heterocycles. The lowest BCUT2D eigenvalue weighted by molar-refractivity contribution is -0.117. The molecule has 1 N–H and O–H groups in total. The van der Waals surface area contributed by atoms with E-state index >= 15 is 0 Å². The average Bonchev–Trinajstić information content (AvgIpc) is 2.59. The molecule has 1 aromatic rings. The molecule has 2 atom stereocenters. The second kappa shape index (κ2) is 9.62. The molecule has 1 aromatic carbocycles. The summed E-state index contributed by atoms with van der Waals surface area (Å²) in [4.78, 5) is 14.1. The summed E-state index contributed by atoms with van der Waals surface area (Å²) in [5, 5.41) is 2.97. The van der Waals surface area contributed by atoms with Crippen LogP contribution in [-0.4, -0.2) is 38.1 Å². The summed E-state index contributed by atoms with van der Waals surface area (Å²) >= 11 is 0. The molecule has 0 saturated carbocycles. The Bertz CT molecular complexity index is 610. The van der Waals surface area contributed by atoms with Crippen LogP contribution >= 0.6 is 0 Å². The number of nitrogens with one attached hydrogen (secondary N) is 1. The van der Waals surface area contributed by atoms with Crippen LogP contribution in [0.2, 0.25) is 0 Å². The van der Waals surface area contributed by atoms with Crippen molar-refractivity contribution in [3.8, 4) is 5.75 Å². The first-order valence-corrected chi connectivity index (χ1v) is 9.00. The number of amides is 1. The van der Waals surface area contributed by atoms with Gasteiger partial charge in [0.25, 0.3) is 0 Å². The molecule has 1 amide bonds. The van der Waals surface area contributed by atoms with Crippen molar-refractivity contribution >= 4 is 5.91 Å². The van der Waals surface area contributed by atoms with E-state index in [1.807, 2.05) is 6.07 Å². The summed E-state index contributed by atoms with van der Waals surface area (Å²) in [7, 11) is 3.86. The lowest BCUT2D eigenvalue weighted by Gasteiger charge is -2.30. The van der Waals surface area contributed by atoms with Crippen molar-refractivity contribution < 1.29 is 9.53 Å². The van der Waals surface area contributed by atoms with Crippen molar-refractivity contribution in [1.29, 1.82) is 0 Å². The van der Waals surface area contributed by atoms with E-state index in [1.165, 1.54) is 16.7 Å². The number of carbonyl (C=O) groups is 1. The number of carbonyl (C=O) groups excluding carboxylic acids is 1. The van der Waals surface area contributed by atoms with Gasteiger partial charge in [-0.05, 0) is 63.4 Å². The Morgan fingerprint density at radius 1 is 1.32 bits per heavy atom. The predicted octanol–water partition coefficient (Wildman–Crippen LogP) is 4.02. The van der Waals surface area contributed by atoms with Gasteiger partial charge in [0, 0.05) is 24.7 Å². The largest absolute Gasteiger partial charge is 0.496 e. The van der Waals surface area contributed by atoms with E-state index in [1.54, 1.807) is 14.0 Å². The van der Waals surface area contributed by atoms with Crippen molar-refractivity contribution in [2.75, 3.05) is 27.2 Å². The van der Waals surface area contributed by atoms with Crippen LogP contribution in [0.15, 0.2) is 24.3 Å². The molecule has 0 heterocycles. The summed E-state index contributed by atoms with van der Waals surface area (Å²) in [6.07, 6.45) is 1.02. The molecule has 140 valence electrons. The molecular weight excluding hydrogens is 312 g/mol. The van der Waals surface area contributed by atoms with Gasteiger partial charge in [0.1, 0.15) is 5.75 Å². The molecule has 25 heavy (non-hydrogen) atoms. The van der Waals surface area contributed by atoms with Crippen molar-refractivity contribution in [3.05, 3.63) is 41.0 Å². The van der Waals surface area contributed by atoms with Crippen LogP contribution < -0.4 is 10.1 Å².